The molecule has 1 amide bonds. The van der Waals surface area contributed by atoms with E-state index in [9.17, 15) is 9.18 Å². The van der Waals surface area contributed by atoms with Gasteiger partial charge < -0.3 is 14.7 Å². The first kappa shape index (κ1) is 17.7. The number of hydrogen-bond acceptors (Lipinski definition) is 7. The lowest BCUT2D eigenvalue weighted by atomic mass is 10.2. The zero-order valence-electron chi connectivity index (χ0n) is 14.5. The van der Waals surface area contributed by atoms with Crippen LogP contribution in [0.3, 0.4) is 0 Å². The summed E-state index contributed by atoms with van der Waals surface area (Å²) in [6.07, 6.45) is 0.468. The zero-order valence-corrected chi connectivity index (χ0v) is 15.3. The van der Waals surface area contributed by atoms with Crippen molar-refractivity contribution in [2.24, 2.45) is 5.10 Å². The van der Waals surface area contributed by atoms with Gasteiger partial charge in [0.1, 0.15) is 18.3 Å². The van der Waals surface area contributed by atoms with Crippen LogP contribution in [-0.2, 0) is 11.3 Å². The number of carbonyl (C=O) groups is 1. The Kier molecular flexibility index (Phi) is 4.95. The highest BCUT2D eigenvalue weighted by molar-refractivity contribution is 7.09. The van der Waals surface area contributed by atoms with Crippen molar-refractivity contribution in [2.45, 2.75) is 12.6 Å². The van der Waals surface area contributed by atoms with Crippen LogP contribution >= 0.6 is 11.3 Å². The van der Waals surface area contributed by atoms with E-state index in [1.54, 1.807) is 34.7 Å². The summed E-state index contributed by atoms with van der Waals surface area (Å²) in [6.45, 7) is 1.99. The number of thiophene rings is 1. The molecule has 2 aliphatic heterocycles. The number of ether oxygens (including phenoxy) is 1. The van der Waals surface area contributed by atoms with Gasteiger partial charge in [-0.25, -0.2) is 9.18 Å². The molecule has 1 N–H and O–H groups in total. The van der Waals surface area contributed by atoms with E-state index in [1.807, 2.05) is 16.5 Å². The molecule has 1 aromatic carbocycles. The average Bonchev–Trinajstić information content (AvgIpc) is 3.32. The van der Waals surface area contributed by atoms with Crippen LogP contribution in [0.25, 0.3) is 0 Å². The summed E-state index contributed by atoms with van der Waals surface area (Å²) in [5.74, 6) is -0.439. The molecule has 0 radical (unpaired) electrons. The number of carbonyl (C=O) groups excluding carboxylic acids is 1. The van der Waals surface area contributed by atoms with Crippen molar-refractivity contribution in [1.29, 1.82) is 0 Å². The van der Waals surface area contributed by atoms with E-state index in [0.717, 1.165) is 6.54 Å². The molecular formula is C18H19FN4O3S. The number of halogens is 1. The Morgan fingerprint density at radius 2 is 2.22 bits per heavy atom. The lowest BCUT2D eigenvalue weighted by molar-refractivity contribution is 0.0963. The number of benzene rings is 1. The van der Waals surface area contributed by atoms with Gasteiger partial charge in [0.2, 0.25) is 0 Å². The van der Waals surface area contributed by atoms with E-state index in [1.165, 1.54) is 15.8 Å². The van der Waals surface area contributed by atoms with Gasteiger partial charge in [0.15, 0.2) is 0 Å². The molecule has 0 bridgehead atoms. The third-order valence-corrected chi connectivity index (χ3v) is 5.36. The van der Waals surface area contributed by atoms with E-state index >= 15 is 0 Å². The molecule has 0 aliphatic carbocycles. The Morgan fingerprint density at radius 3 is 2.85 bits per heavy atom. The van der Waals surface area contributed by atoms with E-state index in [4.69, 9.17) is 9.84 Å². The predicted octanol–water partition coefficient (Wildman–Crippen LogP) is 2.47. The lowest BCUT2D eigenvalue weighted by Gasteiger charge is -2.30. The van der Waals surface area contributed by atoms with Gasteiger partial charge in [0.05, 0.1) is 37.6 Å². The van der Waals surface area contributed by atoms with Crippen LogP contribution in [-0.4, -0.2) is 54.9 Å². The number of hydrogen-bond donors (Lipinski definition) is 1. The van der Waals surface area contributed by atoms with Gasteiger partial charge in [-0.2, -0.15) is 5.10 Å². The molecule has 1 fully saturated rings. The second kappa shape index (κ2) is 7.53. The molecule has 3 heterocycles. The van der Waals surface area contributed by atoms with Crippen LogP contribution in [0, 0.1) is 5.82 Å². The first-order valence-corrected chi connectivity index (χ1v) is 9.48. The molecule has 2 aliphatic rings. The Morgan fingerprint density at radius 1 is 1.33 bits per heavy atom. The number of cyclic esters (lactones) is 1. The van der Waals surface area contributed by atoms with Crippen molar-refractivity contribution >= 4 is 35.1 Å². The summed E-state index contributed by atoms with van der Waals surface area (Å²) < 4.78 is 19.7. The highest BCUT2D eigenvalue weighted by Gasteiger charge is 2.32. The van der Waals surface area contributed by atoms with Crippen molar-refractivity contribution < 1.29 is 19.0 Å². The summed E-state index contributed by atoms with van der Waals surface area (Å²) in [7, 11) is 0. The van der Waals surface area contributed by atoms with Crippen molar-refractivity contribution in [3.8, 4) is 0 Å². The third kappa shape index (κ3) is 3.74. The Hall–Kier alpha value is -2.65. The van der Waals surface area contributed by atoms with Crippen LogP contribution in [0.15, 0.2) is 40.8 Å². The second-order valence-corrected chi connectivity index (χ2v) is 7.36. The van der Waals surface area contributed by atoms with Crippen LogP contribution in [0.1, 0.15) is 4.88 Å². The quantitative estimate of drug-likeness (QED) is 0.850. The molecule has 1 aromatic heterocycles. The van der Waals surface area contributed by atoms with Crippen LogP contribution < -0.4 is 9.80 Å². The van der Waals surface area contributed by atoms with Crippen molar-refractivity contribution in [3.63, 3.8) is 0 Å². The van der Waals surface area contributed by atoms with Crippen molar-refractivity contribution in [3.05, 3.63) is 46.4 Å². The standard InChI is InChI=1S/C18H19FN4O3S/c19-16-8-13(23-9-14(11-24)26-18(23)25)3-4-17(16)21-5-6-22(20-12-21)10-15-2-1-7-27-15/h1-4,7-8,12,14,24H,5-6,9-11H2. The summed E-state index contributed by atoms with van der Waals surface area (Å²) in [4.78, 5) is 16.1. The predicted molar refractivity (Wildman–Crippen MR) is 102 cm³/mol. The minimum atomic E-state index is -0.580. The zero-order chi connectivity index (χ0) is 18.8. The maximum Gasteiger partial charge on any atom is 0.414 e. The normalized spacial score (nSPS) is 19.7. The molecule has 0 saturated carbocycles. The van der Waals surface area contributed by atoms with Crippen LogP contribution in [0.4, 0.5) is 20.6 Å². The molecule has 4 rings (SSSR count). The fourth-order valence-corrected chi connectivity index (χ4v) is 3.80. The van der Waals surface area contributed by atoms with Gasteiger partial charge in [-0.3, -0.25) is 9.91 Å². The summed E-state index contributed by atoms with van der Waals surface area (Å²) in [5.41, 5.74) is 0.815. The third-order valence-electron chi connectivity index (χ3n) is 4.50. The molecule has 0 spiro atoms. The largest absolute Gasteiger partial charge is 0.441 e. The first-order chi connectivity index (χ1) is 13.1. The van der Waals surface area contributed by atoms with Gasteiger partial charge in [0.25, 0.3) is 0 Å². The molecule has 1 saturated heterocycles. The number of aliphatic hydroxyl groups is 1. The summed E-state index contributed by atoms with van der Waals surface area (Å²) in [6, 6.07) is 8.68. The monoisotopic (exact) mass is 390 g/mol. The molecule has 7 nitrogen and oxygen atoms in total. The maximum atomic E-state index is 14.7. The fraction of sp³-hybridized carbons (Fsp3) is 0.333. The fourth-order valence-electron chi connectivity index (χ4n) is 3.08. The SMILES string of the molecule is O=C1OC(CO)CN1c1ccc(N2C=NN(Cc3cccs3)CC2)c(F)c1. The maximum absolute atomic E-state index is 14.7. The van der Waals surface area contributed by atoms with Crippen LogP contribution in [0.5, 0.6) is 0 Å². The number of hydrazone groups is 1. The average molecular weight is 390 g/mol. The Labute approximate surface area is 159 Å². The Bertz CT molecular complexity index is 845. The van der Waals surface area contributed by atoms with Gasteiger partial charge in [-0.15, -0.1) is 11.3 Å². The highest BCUT2D eigenvalue weighted by atomic mass is 32.1. The summed E-state index contributed by atoms with van der Waals surface area (Å²) >= 11 is 1.68. The number of nitrogens with zero attached hydrogens (tertiary/aromatic N) is 4. The highest BCUT2D eigenvalue weighted by Crippen LogP contribution is 2.28. The smallest absolute Gasteiger partial charge is 0.414 e. The Balaban J connectivity index is 1.45. The minimum absolute atomic E-state index is 0.205. The van der Waals surface area contributed by atoms with Crippen molar-refractivity contribution in [2.75, 3.05) is 36.0 Å². The summed E-state index contributed by atoms with van der Waals surface area (Å²) in [5, 5.41) is 17.5. The van der Waals surface area contributed by atoms with Gasteiger partial charge in [0, 0.05) is 11.4 Å². The first-order valence-electron chi connectivity index (χ1n) is 8.60. The lowest BCUT2D eigenvalue weighted by Crippen LogP contribution is -2.37. The van der Waals surface area contributed by atoms with E-state index in [0.29, 0.717) is 24.5 Å². The van der Waals surface area contributed by atoms with Gasteiger partial charge in [-0.1, -0.05) is 6.07 Å². The van der Waals surface area contributed by atoms with Gasteiger partial charge >= 0.3 is 6.09 Å². The number of aliphatic hydroxyl groups excluding tert-OH is 1. The molecule has 142 valence electrons. The molecule has 2 aromatic rings. The van der Waals surface area contributed by atoms with Gasteiger partial charge in [-0.05, 0) is 29.6 Å². The second-order valence-electron chi connectivity index (χ2n) is 6.33. The molecule has 1 unspecified atom stereocenters. The molecule has 27 heavy (non-hydrogen) atoms. The molecule has 9 heteroatoms. The number of amides is 1. The van der Waals surface area contributed by atoms with Crippen molar-refractivity contribution in [1.82, 2.24) is 5.01 Å². The molecule has 1 atom stereocenters. The van der Waals surface area contributed by atoms with E-state index in [2.05, 4.69) is 11.2 Å². The van der Waals surface area contributed by atoms with E-state index in [-0.39, 0.29) is 13.2 Å². The number of anilines is 2. The van der Waals surface area contributed by atoms with E-state index < -0.39 is 18.0 Å². The number of rotatable bonds is 5. The van der Waals surface area contributed by atoms with Crippen LogP contribution in [0.2, 0.25) is 0 Å². The topological polar surface area (TPSA) is 68.6 Å². The molecular weight excluding hydrogens is 371 g/mol. The minimum Gasteiger partial charge on any atom is -0.441 e.